The van der Waals surface area contributed by atoms with Crippen molar-refractivity contribution in [1.82, 2.24) is 15.1 Å². The SMILES string of the molecule is CN(C(=O)c1n[nH]c2ccccc12)[C@@H]1CC[C@H](Oc2ccccc2)[C@H]1O. The zero-order chi connectivity index (χ0) is 18.1. The Labute approximate surface area is 151 Å². The number of aromatic nitrogens is 2. The summed E-state index contributed by atoms with van der Waals surface area (Å²) in [4.78, 5) is 14.5. The Balaban J connectivity index is 1.49. The van der Waals surface area contributed by atoms with Crippen LogP contribution in [0.25, 0.3) is 10.9 Å². The number of aliphatic hydroxyl groups excluding tert-OH is 1. The molecule has 1 fully saturated rings. The lowest BCUT2D eigenvalue weighted by molar-refractivity contribution is 0.0165. The highest BCUT2D eigenvalue weighted by atomic mass is 16.5. The Morgan fingerprint density at radius 2 is 1.88 bits per heavy atom. The van der Waals surface area contributed by atoms with Gasteiger partial charge in [0, 0.05) is 12.4 Å². The van der Waals surface area contributed by atoms with Crippen LogP contribution in [0.4, 0.5) is 0 Å². The number of carbonyl (C=O) groups excluding carboxylic acids is 1. The number of rotatable bonds is 4. The van der Waals surface area contributed by atoms with E-state index in [2.05, 4.69) is 10.2 Å². The minimum absolute atomic E-state index is 0.202. The quantitative estimate of drug-likeness (QED) is 0.757. The van der Waals surface area contributed by atoms with Gasteiger partial charge in [-0.1, -0.05) is 36.4 Å². The molecular weight excluding hydrogens is 330 g/mol. The molecule has 4 rings (SSSR count). The summed E-state index contributed by atoms with van der Waals surface area (Å²) < 4.78 is 5.90. The molecule has 6 heteroatoms. The third kappa shape index (κ3) is 2.93. The maximum atomic E-state index is 12.9. The molecule has 0 saturated heterocycles. The van der Waals surface area contributed by atoms with Crippen LogP contribution in [0, 0.1) is 0 Å². The third-order valence-electron chi connectivity index (χ3n) is 5.04. The van der Waals surface area contributed by atoms with Gasteiger partial charge in [-0.15, -0.1) is 0 Å². The number of hydrogen-bond acceptors (Lipinski definition) is 4. The first-order chi connectivity index (χ1) is 12.6. The van der Waals surface area contributed by atoms with Crippen molar-refractivity contribution in [2.45, 2.75) is 31.1 Å². The second kappa shape index (κ2) is 6.80. The Hall–Kier alpha value is -2.86. The fourth-order valence-corrected chi connectivity index (χ4v) is 3.59. The fourth-order valence-electron chi connectivity index (χ4n) is 3.59. The number of benzene rings is 2. The summed E-state index contributed by atoms with van der Waals surface area (Å²) in [6, 6.07) is 16.7. The molecule has 2 N–H and O–H groups in total. The predicted octanol–water partition coefficient (Wildman–Crippen LogP) is 2.61. The molecule has 0 unspecified atom stereocenters. The van der Waals surface area contributed by atoms with Crippen LogP contribution < -0.4 is 4.74 Å². The number of aliphatic hydroxyl groups is 1. The van der Waals surface area contributed by atoms with Crippen LogP contribution in [0.3, 0.4) is 0 Å². The zero-order valence-corrected chi connectivity index (χ0v) is 14.5. The monoisotopic (exact) mass is 351 g/mol. The van der Waals surface area contributed by atoms with Gasteiger partial charge in [0.2, 0.25) is 0 Å². The van der Waals surface area contributed by atoms with Crippen molar-refractivity contribution in [2.75, 3.05) is 7.05 Å². The molecule has 6 nitrogen and oxygen atoms in total. The number of aromatic amines is 1. The van der Waals surface area contributed by atoms with Gasteiger partial charge in [-0.3, -0.25) is 9.89 Å². The van der Waals surface area contributed by atoms with Crippen molar-refractivity contribution in [3.05, 3.63) is 60.3 Å². The standard InChI is InChI=1S/C20H21N3O3/c1-23(20(25)18-14-9-5-6-10-15(14)21-22-18)16-11-12-17(19(16)24)26-13-7-3-2-4-8-13/h2-10,16-17,19,24H,11-12H2,1H3,(H,21,22)/t16-,17+,19+/m1/s1. The molecule has 3 atom stereocenters. The van der Waals surface area contributed by atoms with Crippen LogP contribution >= 0.6 is 0 Å². The summed E-state index contributed by atoms with van der Waals surface area (Å²) in [5, 5.41) is 18.5. The molecule has 1 heterocycles. The minimum Gasteiger partial charge on any atom is -0.488 e. The van der Waals surface area contributed by atoms with E-state index in [-0.39, 0.29) is 18.1 Å². The molecule has 0 spiro atoms. The molecule has 0 radical (unpaired) electrons. The smallest absolute Gasteiger partial charge is 0.275 e. The maximum Gasteiger partial charge on any atom is 0.275 e. The highest BCUT2D eigenvalue weighted by Gasteiger charge is 2.40. The van der Waals surface area contributed by atoms with E-state index in [9.17, 15) is 9.90 Å². The first-order valence-electron chi connectivity index (χ1n) is 8.75. The van der Waals surface area contributed by atoms with Gasteiger partial charge in [0.25, 0.3) is 5.91 Å². The zero-order valence-electron chi connectivity index (χ0n) is 14.5. The van der Waals surface area contributed by atoms with Crippen LogP contribution in [0.5, 0.6) is 5.75 Å². The number of H-pyrrole nitrogens is 1. The molecule has 0 aliphatic heterocycles. The number of carbonyl (C=O) groups is 1. The van der Waals surface area contributed by atoms with Gasteiger partial charge < -0.3 is 14.7 Å². The number of fused-ring (bicyclic) bond motifs is 1. The van der Waals surface area contributed by atoms with Crippen molar-refractivity contribution in [3.63, 3.8) is 0 Å². The summed E-state index contributed by atoms with van der Waals surface area (Å²) in [7, 11) is 1.71. The molecular formula is C20H21N3O3. The van der Waals surface area contributed by atoms with Gasteiger partial charge in [-0.2, -0.15) is 5.10 Å². The van der Waals surface area contributed by atoms with Gasteiger partial charge in [-0.25, -0.2) is 0 Å². The van der Waals surface area contributed by atoms with Crippen molar-refractivity contribution >= 4 is 16.8 Å². The highest BCUT2D eigenvalue weighted by molar-refractivity contribution is 6.04. The molecule has 0 bridgehead atoms. The average molecular weight is 351 g/mol. The first-order valence-corrected chi connectivity index (χ1v) is 8.75. The lowest BCUT2D eigenvalue weighted by Crippen LogP contribution is -2.45. The highest BCUT2D eigenvalue weighted by Crippen LogP contribution is 2.29. The lowest BCUT2D eigenvalue weighted by Gasteiger charge is -2.28. The summed E-state index contributed by atoms with van der Waals surface area (Å²) in [6.45, 7) is 0. The van der Waals surface area contributed by atoms with Crippen LogP contribution in [0.2, 0.25) is 0 Å². The van der Waals surface area contributed by atoms with Gasteiger partial charge in [0.15, 0.2) is 5.69 Å². The summed E-state index contributed by atoms with van der Waals surface area (Å²) in [5.41, 5.74) is 1.20. The number of likely N-dealkylation sites (N-methyl/N-ethyl adjacent to an activating group) is 1. The molecule has 26 heavy (non-hydrogen) atoms. The van der Waals surface area contributed by atoms with Crippen LogP contribution in [-0.4, -0.2) is 51.4 Å². The number of hydrogen-bond donors (Lipinski definition) is 2. The van der Waals surface area contributed by atoms with E-state index >= 15 is 0 Å². The summed E-state index contributed by atoms with van der Waals surface area (Å²) in [6.07, 6.45) is 0.311. The van der Waals surface area contributed by atoms with Gasteiger partial charge in [-0.05, 0) is 31.0 Å². The van der Waals surface area contributed by atoms with Crippen molar-refractivity contribution in [1.29, 1.82) is 0 Å². The molecule has 2 aromatic carbocycles. The molecule has 134 valence electrons. The van der Waals surface area contributed by atoms with Gasteiger partial charge in [0.05, 0.1) is 11.6 Å². The topological polar surface area (TPSA) is 78.5 Å². The molecule has 3 aromatic rings. The average Bonchev–Trinajstić information content (AvgIpc) is 3.26. The molecule has 1 amide bonds. The van der Waals surface area contributed by atoms with Gasteiger partial charge in [0.1, 0.15) is 18.0 Å². The number of ether oxygens (including phenoxy) is 1. The summed E-state index contributed by atoms with van der Waals surface area (Å²) in [5.74, 6) is 0.524. The van der Waals surface area contributed by atoms with E-state index in [1.807, 2.05) is 54.6 Å². The Kier molecular flexibility index (Phi) is 4.34. The number of amides is 1. The van der Waals surface area contributed by atoms with E-state index in [1.54, 1.807) is 11.9 Å². The number of para-hydroxylation sites is 2. The molecule has 1 aliphatic carbocycles. The minimum atomic E-state index is -0.741. The first kappa shape index (κ1) is 16.6. The number of nitrogens with zero attached hydrogens (tertiary/aromatic N) is 2. The van der Waals surface area contributed by atoms with E-state index in [0.29, 0.717) is 18.5 Å². The Morgan fingerprint density at radius 1 is 1.15 bits per heavy atom. The third-order valence-corrected chi connectivity index (χ3v) is 5.04. The van der Waals surface area contributed by atoms with Crippen LogP contribution in [0.15, 0.2) is 54.6 Å². The van der Waals surface area contributed by atoms with E-state index in [4.69, 9.17) is 4.74 Å². The van der Waals surface area contributed by atoms with Crippen molar-refractivity contribution < 1.29 is 14.6 Å². The van der Waals surface area contributed by atoms with Crippen molar-refractivity contribution in [2.24, 2.45) is 0 Å². The largest absolute Gasteiger partial charge is 0.488 e. The lowest BCUT2D eigenvalue weighted by atomic mass is 10.1. The van der Waals surface area contributed by atoms with E-state index in [1.165, 1.54) is 0 Å². The second-order valence-electron chi connectivity index (χ2n) is 6.64. The van der Waals surface area contributed by atoms with E-state index < -0.39 is 6.10 Å². The van der Waals surface area contributed by atoms with Crippen LogP contribution in [0.1, 0.15) is 23.3 Å². The fraction of sp³-hybridized carbons (Fsp3) is 0.300. The van der Waals surface area contributed by atoms with Crippen LogP contribution in [-0.2, 0) is 0 Å². The summed E-state index contributed by atoms with van der Waals surface area (Å²) >= 11 is 0. The molecule has 1 saturated carbocycles. The predicted molar refractivity (Wildman–Crippen MR) is 98.1 cm³/mol. The second-order valence-corrected chi connectivity index (χ2v) is 6.64. The number of nitrogens with one attached hydrogen (secondary N) is 1. The van der Waals surface area contributed by atoms with E-state index in [0.717, 1.165) is 16.7 Å². The molecule has 1 aromatic heterocycles. The van der Waals surface area contributed by atoms with Crippen molar-refractivity contribution in [3.8, 4) is 5.75 Å². The van der Waals surface area contributed by atoms with Gasteiger partial charge >= 0.3 is 0 Å². The Bertz CT molecular complexity index is 909. The maximum absolute atomic E-state index is 12.9. The molecule has 1 aliphatic rings. The Morgan fingerprint density at radius 3 is 2.69 bits per heavy atom. The normalized spacial score (nSPS) is 22.5.